The molecule has 2 N–H and O–H groups in total. The van der Waals surface area contributed by atoms with E-state index in [0.717, 1.165) is 12.4 Å². The van der Waals surface area contributed by atoms with Crippen molar-refractivity contribution in [2.75, 3.05) is 11.4 Å². The van der Waals surface area contributed by atoms with Crippen LogP contribution in [0.3, 0.4) is 0 Å². The smallest absolute Gasteiger partial charge is 0.305 e. The van der Waals surface area contributed by atoms with Gasteiger partial charge in [-0.1, -0.05) is 0 Å². The lowest BCUT2D eigenvalue weighted by Gasteiger charge is -2.12. The zero-order chi connectivity index (χ0) is 11.7. The molecule has 0 aliphatic carbocycles. The molecule has 0 radical (unpaired) electrons. The fourth-order valence-corrected chi connectivity index (χ4v) is 1.48. The van der Waals surface area contributed by atoms with Crippen molar-refractivity contribution < 1.29 is 9.72 Å². The van der Waals surface area contributed by atoms with Crippen LogP contribution in [0.15, 0.2) is 12.4 Å². The van der Waals surface area contributed by atoms with Gasteiger partial charge in [-0.2, -0.15) is 0 Å². The highest BCUT2D eigenvalue weighted by atomic mass is 16.6. The van der Waals surface area contributed by atoms with E-state index in [1.807, 2.05) is 0 Å². The summed E-state index contributed by atoms with van der Waals surface area (Å²) in [7, 11) is 0. The average molecular weight is 223 g/mol. The highest BCUT2D eigenvalue weighted by Crippen LogP contribution is 2.17. The lowest BCUT2D eigenvalue weighted by Crippen LogP contribution is -2.29. The summed E-state index contributed by atoms with van der Waals surface area (Å²) in [6, 6.07) is -0.230. The lowest BCUT2D eigenvalue weighted by atomic mass is 10.3. The number of aromatic nitrogens is 2. The van der Waals surface area contributed by atoms with E-state index in [2.05, 4.69) is 9.97 Å². The van der Waals surface area contributed by atoms with Crippen molar-refractivity contribution in [3.63, 3.8) is 0 Å². The summed E-state index contributed by atoms with van der Waals surface area (Å²) in [4.78, 5) is 30.1. The van der Waals surface area contributed by atoms with E-state index < -0.39 is 4.92 Å². The van der Waals surface area contributed by atoms with Crippen molar-refractivity contribution in [3.05, 3.63) is 22.5 Å². The van der Waals surface area contributed by atoms with Gasteiger partial charge in [0.15, 0.2) is 0 Å². The molecule has 2 heterocycles. The Balaban J connectivity index is 2.22. The van der Waals surface area contributed by atoms with Gasteiger partial charge in [-0.05, 0) is 0 Å². The number of rotatable bonds is 2. The van der Waals surface area contributed by atoms with Crippen LogP contribution >= 0.6 is 0 Å². The summed E-state index contributed by atoms with van der Waals surface area (Å²) in [5.74, 6) is -0.00935. The van der Waals surface area contributed by atoms with Gasteiger partial charge in [0.2, 0.25) is 11.9 Å². The Hall–Kier alpha value is -2.09. The molecule has 1 aliphatic heterocycles. The van der Waals surface area contributed by atoms with Gasteiger partial charge in [0.25, 0.3) is 0 Å². The number of nitrogens with two attached hydrogens (primary N) is 1. The van der Waals surface area contributed by atoms with Gasteiger partial charge in [0.1, 0.15) is 12.4 Å². The molecule has 84 valence electrons. The van der Waals surface area contributed by atoms with Crippen LogP contribution in [0.1, 0.15) is 6.42 Å². The molecule has 1 unspecified atom stereocenters. The highest BCUT2D eigenvalue weighted by molar-refractivity contribution is 5.94. The van der Waals surface area contributed by atoms with Crippen LogP contribution in [0.2, 0.25) is 0 Å². The highest BCUT2D eigenvalue weighted by Gasteiger charge is 2.30. The minimum absolute atomic E-state index is 0.156. The molecule has 1 aromatic heterocycles. The lowest BCUT2D eigenvalue weighted by molar-refractivity contribution is -0.385. The van der Waals surface area contributed by atoms with E-state index in [9.17, 15) is 14.9 Å². The van der Waals surface area contributed by atoms with Gasteiger partial charge in [0, 0.05) is 19.0 Å². The second-order valence-electron chi connectivity index (χ2n) is 3.47. The van der Waals surface area contributed by atoms with Crippen molar-refractivity contribution in [2.24, 2.45) is 5.73 Å². The van der Waals surface area contributed by atoms with E-state index >= 15 is 0 Å². The van der Waals surface area contributed by atoms with Crippen LogP contribution in [0, 0.1) is 10.1 Å². The molecule has 0 bridgehead atoms. The first-order valence-electron chi connectivity index (χ1n) is 4.60. The zero-order valence-electron chi connectivity index (χ0n) is 8.24. The molecule has 2 rings (SSSR count). The van der Waals surface area contributed by atoms with E-state index in [4.69, 9.17) is 5.73 Å². The number of carbonyl (C=O) groups excluding carboxylic acids is 1. The minimum Gasteiger partial charge on any atom is -0.326 e. The van der Waals surface area contributed by atoms with Crippen LogP contribution in [0.5, 0.6) is 0 Å². The van der Waals surface area contributed by atoms with E-state index in [1.54, 1.807) is 0 Å². The van der Waals surface area contributed by atoms with Crippen LogP contribution in [0.4, 0.5) is 11.6 Å². The number of anilines is 1. The SMILES string of the molecule is NC1CC(=O)N(c2ncc([N+](=O)[O-])cn2)C1. The third kappa shape index (κ3) is 1.82. The summed E-state index contributed by atoms with van der Waals surface area (Å²) in [6.45, 7) is 0.344. The molecule has 8 heteroatoms. The number of nitro groups is 1. The third-order valence-electron chi connectivity index (χ3n) is 2.23. The molecule has 0 spiro atoms. The fourth-order valence-electron chi connectivity index (χ4n) is 1.48. The number of carbonyl (C=O) groups is 1. The monoisotopic (exact) mass is 223 g/mol. The first-order valence-corrected chi connectivity index (χ1v) is 4.60. The first kappa shape index (κ1) is 10.4. The molecule has 1 aromatic rings. The fraction of sp³-hybridized carbons (Fsp3) is 0.375. The maximum absolute atomic E-state index is 11.4. The first-order chi connectivity index (χ1) is 7.58. The molecule has 1 atom stereocenters. The molecular weight excluding hydrogens is 214 g/mol. The van der Waals surface area contributed by atoms with E-state index in [-0.39, 0.29) is 30.0 Å². The Bertz CT molecular complexity index is 432. The van der Waals surface area contributed by atoms with Gasteiger partial charge >= 0.3 is 5.69 Å². The maximum atomic E-state index is 11.4. The zero-order valence-corrected chi connectivity index (χ0v) is 8.24. The number of nitrogens with zero attached hydrogens (tertiary/aromatic N) is 4. The van der Waals surface area contributed by atoms with Crippen LogP contribution in [0.25, 0.3) is 0 Å². The molecule has 16 heavy (non-hydrogen) atoms. The molecule has 1 saturated heterocycles. The predicted molar refractivity (Wildman–Crippen MR) is 53.6 cm³/mol. The number of amides is 1. The molecule has 1 amide bonds. The summed E-state index contributed by atoms with van der Waals surface area (Å²) >= 11 is 0. The minimum atomic E-state index is -0.596. The van der Waals surface area contributed by atoms with Gasteiger partial charge in [-0.15, -0.1) is 0 Å². The van der Waals surface area contributed by atoms with Crippen molar-refractivity contribution in [1.29, 1.82) is 0 Å². The second kappa shape index (κ2) is 3.81. The molecule has 8 nitrogen and oxygen atoms in total. The Morgan fingerprint density at radius 2 is 2.12 bits per heavy atom. The Labute approximate surface area is 90.2 Å². The molecule has 1 fully saturated rings. The average Bonchev–Trinajstić information content (AvgIpc) is 2.58. The standard InChI is InChI=1S/C8H9N5O3/c9-5-1-7(14)12(4-5)8-10-2-6(3-11-8)13(15)16/h2-3,5H,1,4,9H2. The van der Waals surface area contributed by atoms with E-state index in [0.29, 0.717) is 6.54 Å². The van der Waals surface area contributed by atoms with Crippen LogP contribution < -0.4 is 10.6 Å². The van der Waals surface area contributed by atoms with E-state index in [1.165, 1.54) is 4.90 Å². The Morgan fingerprint density at radius 3 is 2.56 bits per heavy atom. The van der Waals surface area contributed by atoms with Crippen molar-refractivity contribution in [3.8, 4) is 0 Å². The maximum Gasteiger partial charge on any atom is 0.305 e. The van der Waals surface area contributed by atoms with Gasteiger partial charge in [-0.3, -0.25) is 19.8 Å². The van der Waals surface area contributed by atoms with Crippen LogP contribution in [-0.2, 0) is 4.79 Å². The largest absolute Gasteiger partial charge is 0.326 e. The molecular formula is C8H9N5O3. The number of hydrogen-bond donors (Lipinski definition) is 1. The number of hydrogen-bond acceptors (Lipinski definition) is 6. The molecule has 1 aliphatic rings. The van der Waals surface area contributed by atoms with Crippen molar-refractivity contribution >= 4 is 17.5 Å². The summed E-state index contributed by atoms with van der Waals surface area (Å²) in [5, 5.41) is 10.4. The Morgan fingerprint density at radius 1 is 1.50 bits per heavy atom. The quantitative estimate of drug-likeness (QED) is 0.531. The normalized spacial score (nSPS) is 20.2. The summed E-state index contributed by atoms with van der Waals surface area (Å²) in [6.07, 6.45) is 2.39. The van der Waals surface area contributed by atoms with Gasteiger partial charge < -0.3 is 5.73 Å². The van der Waals surface area contributed by atoms with Gasteiger partial charge in [-0.25, -0.2) is 9.97 Å². The summed E-state index contributed by atoms with van der Waals surface area (Å²) < 4.78 is 0. The predicted octanol–water partition coefficient (Wildman–Crippen LogP) is -0.551. The Kier molecular flexibility index (Phi) is 2.49. The van der Waals surface area contributed by atoms with Crippen molar-refractivity contribution in [1.82, 2.24) is 9.97 Å². The van der Waals surface area contributed by atoms with Crippen LogP contribution in [-0.4, -0.2) is 33.4 Å². The second-order valence-corrected chi connectivity index (χ2v) is 3.47. The van der Waals surface area contributed by atoms with Crippen molar-refractivity contribution in [2.45, 2.75) is 12.5 Å². The summed E-state index contributed by atoms with van der Waals surface area (Å²) in [5.41, 5.74) is 5.40. The van der Waals surface area contributed by atoms with Gasteiger partial charge in [0.05, 0.1) is 4.92 Å². The third-order valence-corrected chi connectivity index (χ3v) is 2.23. The molecule has 0 aromatic carbocycles. The molecule has 0 saturated carbocycles. The topological polar surface area (TPSA) is 115 Å².